The number of urea groups is 1. The summed E-state index contributed by atoms with van der Waals surface area (Å²) in [5.41, 5.74) is 5.49. The van der Waals surface area contributed by atoms with Crippen LogP contribution in [0.1, 0.15) is 23.7 Å². The third kappa shape index (κ3) is 3.64. The molecule has 0 aromatic carbocycles. The molecule has 0 saturated carbocycles. The van der Waals surface area contributed by atoms with Crippen molar-refractivity contribution in [1.29, 1.82) is 0 Å². The van der Waals surface area contributed by atoms with E-state index in [9.17, 15) is 19.2 Å². The van der Waals surface area contributed by atoms with Crippen LogP contribution in [0, 0.1) is 0 Å². The summed E-state index contributed by atoms with van der Waals surface area (Å²) in [7, 11) is 0. The molecule has 2 aliphatic rings. The molecule has 3 N–H and O–H groups in total. The molecule has 3 amide bonds. The van der Waals surface area contributed by atoms with Gasteiger partial charge in [-0.1, -0.05) is 0 Å². The summed E-state index contributed by atoms with van der Waals surface area (Å²) >= 11 is 0. The number of pyridine rings is 1. The maximum Gasteiger partial charge on any atom is 0.347 e. The summed E-state index contributed by atoms with van der Waals surface area (Å²) in [5.74, 6) is -1.22. The molecule has 2 fully saturated rings. The molecule has 0 bridgehead atoms. The second-order valence-electron chi connectivity index (χ2n) is 6.26. The van der Waals surface area contributed by atoms with Gasteiger partial charge in [-0.2, -0.15) is 0 Å². The van der Waals surface area contributed by atoms with Crippen LogP contribution in [-0.2, 0) is 14.3 Å². The topological polar surface area (TPSA) is 135 Å². The lowest BCUT2D eigenvalue weighted by molar-refractivity contribution is -0.139. The predicted octanol–water partition coefficient (Wildman–Crippen LogP) is -0.757. The Morgan fingerprint density at radius 1 is 1.35 bits per heavy atom. The second-order valence-corrected chi connectivity index (χ2v) is 6.26. The number of aromatic nitrogens is 1. The molecule has 2 saturated heterocycles. The smallest absolute Gasteiger partial charge is 0.347 e. The van der Waals surface area contributed by atoms with Crippen LogP contribution in [0.3, 0.4) is 0 Å². The number of rotatable bonds is 4. The van der Waals surface area contributed by atoms with Gasteiger partial charge in [0.05, 0.1) is 11.6 Å². The van der Waals surface area contributed by atoms with Gasteiger partial charge in [0.15, 0.2) is 0 Å². The number of hydrogen-bond acceptors (Lipinski definition) is 8. The zero-order chi connectivity index (χ0) is 18.8. The van der Waals surface area contributed by atoms with Gasteiger partial charge in [-0.3, -0.25) is 10.1 Å². The second kappa shape index (κ2) is 7.08. The van der Waals surface area contributed by atoms with Crippen LogP contribution in [0.5, 0.6) is 0 Å². The SMILES string of the molecule is CC(N)C(=O)OC(=O)c1ccc(N2CC(N3CCC(=O)NC3=O)C2)nc1. The zero-order valence-corrected chi connectivity index (χ0v) is 14.2. The minimum Gasteiger partial charge on any atom is -0.388 e. The number of nitrogens with two attached hydrogens (primary N) is 1. The molecule has 1 atom stereocenters. The van der Waals surface area contributed by atoms with Gasteiger partial charge in [-0.05, 0) is 19.1 Å². The van der Waals surface area contributed by atoms with E-state index in [1.807, 2.05) is 4.90 Å². The van der Waals surface area contributed by atoms with Crippen molar-refractivity contribution >= 4 is 29.7 Å². The first-order valence-electron chi connectivity index (χ1n) is 8.18. The van der Waals surface area contributed by atoms with Crippen molar-refractivity contribution < 1.29 is 23.9 Å². The summed E-state index contributed by atoms with van der Waals surface area (Å²) in [6.45, 7) is 3.01. The third-order valence-corrected chi connectivity index (χ3v) is 4.26. The van der Waals surface area contributed by atoms with Crippen molar-refractivity contribution in [3.05, 3.63) is 23.9 Å². The lowest BCUT2D eigenvalue weighted by Crippen LogP contribution is -2.65. The Hall–Kier alpha value is -3.01. The minimum absolute atomic E-state index is 0.0122. The van der Waals surface area contributed by atoms with E-state index in [2.05, 4.69) is 15.0 Å². The van der Waals surface area contributed by atoms with E-state index in [4.69, 9.17) is 5.73 Å². The van der Waals surface area contributed by atoms with E-state index in [1.165, 1.54) is 19.2 Å². The first-order valence-corrected chi connectivity index (χ1v) is 8.18. The highest BCUT2D eigenvalue weighted by Crippen LogP contribution is 2.23. The fourth-order valence-corrected chi connectivity index (χ4v) is 2.70. The molecule has 10 nitrogen and oxygen atoms in total. The van der Waals surface area contributed by atoms with E-state index >= 15 is 0 Å². The minimum atomic E-state index is -0.883. The molecule has 0 aliphatic carbocycles. The average Bonchev–Trinajstić information content (AvgIpc) is 2.55. The van der Waals surface area contributed by atoms with Gasteiger partial charge in [0, 0.05) is 32.3 Å². The van der Waals surface area contributed by atoms with Crippen LogP contribution in [0.2, 0.25) is 0 Å². The average molecular weight is 361 g/mol. The quantitative estimate of drug-likeness (QED) is 0.528. The molecule has 26 heavy (non-hydrogen) atoms. The molecule has 138 valence electrons. The van der Waals surface area contributed by atoms with Gasteiger partial charge >= 0.3 is 18.0 Å². The molecule has 10 heteroatoms. The highest BCUT2D eigenvalue weighted by Gasteiger charge is 2.37. The molecule has 3 heterocycles. The van der Waals surface area contributed by atoms with Crippen molar-refractivity contribution in [3.8, 4) is 0 Å². The molecule has 3 rings (SSSR count). The van der Waals surface area contributed by atoms with E-state index in [-0.39, 0.29) is 23.5 Å². The first-order chi connectivity index (χ1) is 12.3. The van der Waals surface area contributed by atoms with E-state index in [0.717, 1.165) is 0 Å². The Balaban J connectivity index is 1.54. The van der Waals surface area contributed by atoms with Gasteiger partial charge in [0.1, 0.15) is 11.9 Å². The summed E-state index contributed by atoms with van der Waals surface area (Å²) < 4.78 is 4.62. The number of nitrogens with one attached hydrogen (secondary N) is 1. The van der Waals surface area contributed by atoms with Crippen molar-refractivity contribution in [2.24, 2.45) is 5.73 Å². The number of nitrogens with zero attached hydrogens (tertiary/aromatic N) is 3. The summed E-state index contributed by atoms with van der Waals surface area (Å²) in [4.78, 5) is 53.9. The fourth-order valence-electron chi connectivity index (χ4n) is 2.70. The van der Waals surface area contributed by atoms with Gasteiger partial charge in [-0.15, -0.1) is 0 Å². The molecule has 1 aromatic heterocycles. The molecule has 2 aliphatic heterocycles. The number of amides is 3. The molecular weight excluding hydrogens is 342 g/mol. The molecule has 1 aromatic rings. The van der Waals surface area contributed by atoms with Crippen molar-refractivity contribution in [3.63, 3.8) is 0 Å². The van der Waals surface area contributed by atoms with E-state index < -0.39 is 18.0 Å². The summed E-state index contributed by atoms with van der Waals surface area (Å²) in [6.07, 6.45) is 1.63. The first kappa shape index (κ1) is 17.8. The van der Waals surface area contributed by atoms with Crippen LogP contribution in [-0.4, -0.2) is 65.5 Å². The van der Waals surface area contributed by atoms with Crippen molar-refractivity contribution in [1.82, 2.24) is 15.2 Å². The van der Waals surface area contributed by atoms with Crippen LogP contribution >= 0.6 is 0 Å². The number of imide groups is 1. The number of ether oxygens (including phenoxy) is 1. The maximum absolute atomic E-state index is 11.8. The summed E-state index contributed by atoms with van der Waals surface area (Å²) in [6, 6.07) is 1.92. The largest absolute Gasteiger partial charge is 0.388 e. The van der Waals surface area contributed by atoms with Crippen LogP contribution in [0.25, 0.3) is 0 Å². The van der Waals surface area contributed by atoms with E-state index in [0.29, 0.717) is 31.9 Å². The maximum atomic E-state index is 11.8. The number of carbonyl (C=O) groups excluding carboxylic acids is 4. The summed E-state index contributed by atoms with van der Waals surface area (Å²) in [5, 5.41) is 2.30. The Morgan fingerprint density at radius 2 is 2.08 bits per heavy atom. The van der Waals surface area contributed by atoms with Gasteiger partial charge in [0.25, 0.3) is 0 Å². The highest BCUT2D eigenvalue weighted by atomic mass is 16.6. The van der Waals surface area contributed by atoms with Crippen molar-refractivity contribution in [2.45, 2.75) is 25.4 Å². The normalized spacial score (nSPS) is 18.8. The number of hydrogen-bond donors (Lipinski definition) is 2. The van der Waals surface area contributed by atoms with Gasteiger partial charge in [-0.25, -0.2) is 19.4 Å². The van der Waals surface area contributed by atoms with Crippen LogP contribution in [0.4, 0.5) is 10.6 Å². The Bertz CT molecular complexity index is 742. The fraction of sp³-hybridized carbons (Fsp3) is 0.438. The lowest BCUT2D eigenvalue weighted by Gasteiger charge is -2.46. The molecule has 0 radical (unpaired) electrons. The van der Waals surface area contributed by atoms with Gasteiger partial charge < -0.3 is 20.3 Å². The Morgan fingerprint density at radius 3 is 2.65 bits per heavy atom. The highest BCUT2D eigenvalue weighted by molar-refractivity contribution is 5.98. The van der Waals surface area contributed by atoms with Crippen molar-refractivity contribution in [2.75, 3.05) is 24.5 Å². The number of anilines is 1. The predicted molar refractivity (Wildman–Crippen MR) is 89.2 cm³/mol. The van der Waals surface area contributed by atoms with Crippen LogP contribution in [0.15, 0.2) is 18.3 Å². The number of esters is 2. The lowest BCUT2D eigenvalue weighted by atomic mass is 10.1. The monoisotopic (exact) mass is 361 g/mol. The standard InChI is InChI=1S/C16H19N5O5/c1-9(17)14(23)26-15(24)10-2-3-12(18-6-10)20-7-11(8-20)21-5-4-13(22)19-16(21)25/h2-3,6,9,11H,4-5,7-8,17H2,1H3,(H,19,22,25). The van der Waals surface area contributed by atoms with Gasteiger partial charge in [0.2, 0.25) is 5.91 Å². The third-order valence-electron chi connectivity index (χ3n) is 4.26. The Labute approximate surface area is 149 Å². The molecule has 1 unspecified atom stereocenters. The Kier molecular flexibility index (Phi) is 4.85. The van der Waals surface area contributed by atoms with Crippen LogP contribution < -0.4 is 16.0 Å². The zero-order valence-electron chi connectivity index (χ0n) is 14.2. The molecular formula is C16H19N5O5. The molecule has 0 spiro atoms. The number of carbonyl (C=O) groups is 4. The van der Waals surface area contributed by atoms with E-state index in [1.54, 1.807) is 11.0 Å².